The summed E-state index contributed by atoms with van der Waals surface area (Å²) in [5.74, 6) is 1.02. The first-order valence-electron chi connectivity index (χ1n) is 8.22. The number of nitriles is 1. The molecule has 2 rings (SSSR count). The van der Waals surface area contributed by atoms with E-state index in [4.69, 9.17) is 9.47 Å². The van der Waals surface area contributed by atoms with Crippen LogP contribution in [0.5, 0.6) is 11.5 Å². The molecular weight excluding hydrogens is 328 g/mol. The Labute approximate surface area is 154 Å². The van der Waals surface area contributed by atoms with Crippen LogP contribution in [0.2, 0.25) is 0 Å². The van der Waals surface area contributed by atoms with E-state index in [0.717, 1.165) is 11.1 Å². The summed E-state index contributed by atoms with van der Waals surface area (Å²) in [6.07, 6.45) is 2.25. The molecule has 134 valence electrons. The molecule has 0 saturated heterocycles. The second-order valence-electron chi connectivity index (χ2n) is 5.75. The van der Waals surface area contributed by atoms with Crippen molar-refractivity contribution >= 4 is 12.0 Å². The summed E-state index contributed by atoms with van der Waals surface area (Å²) in [5.41, 5.74) is 1.96. The van der Waals surface area contributed by atoms with Crippen LogP contribution in [-0.2, 0) is 11.2 Å². The summed E-state index contributed by atoms with van der Waals surface area (Å²) in [5, 5.41) is 9.32. The summed E-state index contributed by atoms with van der Waals surface area (Å²) in [6.45, 7) is 0.488. The zero-order valence-electron chi connectivity index (χ0n) is 15.2. The molecule has 0 unspecified atom stereocenters. The number of methoxy groups -OCH3 is 2. The van der Waals surface area contributed by atoms with Crippen molar-refractivity contribution in [2.45, 2.75) is 6.42 Å². The quantitative estimate of drug-likeness (QED) is 0.568. The standard InChI is InChI=1S/C21H22N2O3/c1-23(12-11-17-9-10-19(25-2)20(14-17)26-3)21(24)18(15-22)13-16-7-5-4-6-8-16/h4-10,13-14H,11-12H2,1-3H3. The molecule has 0 aliphatic carbocycles. The van der Waals surface area contributed by atoms with E-state index in [1.165, 1.54) is 0 Å². The lowest BCUT2D eigenvalue weighted by Crippen LogP contribution is -2.29. The Morgan fingerprint density at radius 2 is 1.81 bits per heavy atom. The van der Waals surface area contributed by atoms with E-state index in [0.29, 0.717) is 24.5 Å². The van der Waals surface area contributed by atoms with E-state index in [1.54, 1.807) is 32.2 Å². The van der Waals surface area contributed by atoms with Crippen LogP contribution in [0, 0.1) is 11.3 Å². The van der Waals surface area contributed by atoms with Crippen molar-refractivity contribution in [2.75, 3.05) is 27.8 Å². The normalized spacial score (nSPS) is 10.8. The third-order valence-corrected chi connectivity index (χ3v) is 3.99. The van der Waals surface area contributed by atoms with Crippen LogP contribution >= 0.6 is 0 Å². The zero-order chi connectivity index (χ0) is 18.9. The Hall–Kier alpha value is -3.26. The van der Waals surface area contributed by atoms with E-state index in [9.17, 15) is 10.1 Å². The molecule has 0 atom stereocenters. The summed E-state index contributed by atoms with van der Waals surface area (Å²) < 4.78 is 10.5. The van der Waals surface area contributed by atoms with Gasteiger partial charge in [-0.15, -0.1) is 0 Å². The smallest absolute Gasteiger partial charge is 0.264 e. The van der Waals surface area contributed by atoms with Crippen LogP contribution in [0.25, 0.3) is 6.08 Å². The lowest BCUT2D eigenvalue weighted by atomic mass is 10.1. The van der Waals surface area contributed by atoms with Gasteiger partial charge in [0.1, 0.15) is 11.6 Å². The average Bonchev–Trinajstić information content (AvgIpc) is 2.70. The van der Waals surface area contributed by atoms with E-state index >= 15 is 0 Å². The summed E-state index contributed by atoms with van der Waals surface area (Å²) in [7, 11) is 4.87. The number of carbonyl (C=O) groups excluding carboxylic acids is 1. The predicted molar refractivity (Wildman–Crippen MR) is 101 cm³/mol. The Balaban J connectivity index is 2.05. The lowest BCUT2D eigenvalue weighted by Gasteiger charge is -2.17. The molecule has 0 saturated carbocycles. The van der Waals surface area contributed by atoms with Crippen LogP contribution in [0.1, 0.15) is 11.1 Å². The van der Waals surface area contributed by atoms with E-state index in [1.807, 2.05) is 54.6 Å². The van der Waals surface area contributed by atoms with Crippen molar-refractivity contribution in [3.05, 3.63) is 65.2 Å². The second kappa shape index (κ2) is 9.28. The fourth-order valence-electron chi connectivity index (χ4n) is 2.50. The Morgan fingerprint density at radius 1 is 1.12 bits per heavy atom. The SMILES string of the molecule is COc1ccc(CCN(C)C(=O)C(C#N)=Cc2ccccc2)cc1OC. The van der Waals surface area contributed by atoms with Crippen molar-refractivity contribution in [3.8, 4) is 17.6 Å². The highest BCUT2D eigenvalue weighted by Gasteiger charge is 2.15. The lowest BCUT2D eigenvalue weighted by molar-refractivity contribution is -0.125. The van der Waals surface area contributed by atoms with Gasteiger partial charge >= 0.3 is 0 Å². The van der Waals surface area contributed by atoms with Gasteiger partial charge in [-0.05, 0) is 35.8 Å². The molecule has 0 N–H and O–H groups in total. The minimum atomic E-state index is -0.295. The first-order valence-corrected chi connectivity index (χ1v) is 8.22. The topological polar surface area (TPSA) is 62.6 Å². The third kappa shape index (κ3) is 4.87. The van der Waals surface area contributed by atoms with Crippen molar-refractivity contribution in [3.63, 3.8) is 0 Å². The fourth-order valence-corrected chi connectivity index (χ4v) is 2.50. The second-order valence-corrected chi connectivity index (χ2v) is 5.75. The highest BCUT2D eigenvalue weighted by atomic mass is 16.5. The van der Waals surface area contributed by atoms with Gasteiger partial charge < -0.3 is 14.4 Å². The molecule has 0 aliphatic rings. The van der Waals surface area contributed by atoms with Crippen LogP contribution in [0.4, 0.5) is 0 Å². The van der Waals surface area contributed by atoms with Gasteiger partial charge in [-0.2, -0.15) is 5.26 Å². The van der Waals surface area contributed by atoms with Crippen molar-refractivity contribution < 1.29 is 14.3 Å². The molecule has 2 aromatic carbocycles. The summed E-state index contributed by atoms with van der Waals surface area (Å²) >= 11 is 0. The molecule has 0 heterocycles. The molecule has 0 bridgehead atoms. The first-order chi connectivity index (χ1) is 12.6. The number of rotatable bonds is 7. The minimum absolute atomic E-state index is 0.117. The third-order valence-electron chi connectivity index (χ3n) is 3.99. The maximum absolute atomic E-state index is 12.5. The number of nitrogens with zero attached hydrogens (tertiary/aromatic N) is 2. The number of amides is 1. The fraction of sp³-hybridized carbons (Fsp3) is 0.238. The van der Waals surface area contributed by atoms with E-state index in [-0.39, 0.29) is 11.5 Å². The van der Waals surface area contributed by atoms with Crippen LogP contribution in [-0.4, -0.2) is 38.6 Å². The van der Waals surface area contributed by atoms with Gasteiger partial charge in [-0.3, -0.25) is 4.79 Å². The molecule has 0 fully saturated rings. The Morgan fingerprint density at radius 3 is 2.42 bits per heavy atom. The van der Waals surface area contributed by atoms with Gasteiger partial charge in [0, 0.05) is 13.6 Å². The van der Waals surface area contributed by atoms with E-state index < -0.39 is 0 Å². The molecule has 2 aromatic rings. The monoisotopic (exact) mass is 350 g/mol. The maximum Gasteiger partial charge on any atom is 0.264 e. The number of benzene rings is 2. The molecule has 1 amide bonds. The average molecular weight is 350 g/mol. The van der Waals surface area contributed by atoms with Gasteiger partial charge in [0.05, 0.1) is 14.2 Å². The Bertz CT molecular complexity index is 823. The largest absolute Gasteiger partial charge is 0.493 e. The number of carbonyl (C=O) groups is 1. The molecule has 0 aliphatic heterocycles. The number of ether oxygens (including phenoxy) is 2. The van der Waals surface area contributed by atoms with Crippen molar-refractivity contribution in [2.24, 2.45) is 0 Å². The van der Waals surface area contributed by atoms with Gasteiger partial charge in [0.25, 0.3) is 5.91 Å². The summed E-state index contributed by atoms with van der Waals surface area (Å²) in [4.78, 5) is 14.1. The number of likely N-dealkylation sites (N-methyl/N-ethyl adjacent to an activating group) is 1. The highest BCUT2D eigenvalue weighted by molar-refractivity contribution is 6.01. The van der Waals surface area contributed by atoms with Gasteiger partial charge in [0.15, 0.2) is 11.5 Å². The van der Waals surface area contributed by atoms with Crippen molar-refractivity contribution in [1.82, 2.24) is 4.90 Å². The van der Waals surface area contributed by atoms with Crippen LogP contribution in [0.3, 0.4) is 0 Å². The molecule has 0 spiro atoms. The Kier molecular flexibility index (Phi) is 6.81. The van der Waals surface area contributed by atoms with Crippen molar-refractivity contribution in [1.29, 1.82) is 5.26 Å². The number of hydrogen-bond donors (Lipinski definition) is 0. The molecular formula is C21H22N2O3. The van der Waals surface area contributed by atoms with Crippen LogP contribution < -0.4 is 9.47 Å². The molecule has 0 aromatic heterocycles. The van der Waals surface area contributed by atoms with Gasteiger partial charge in [-0.25, -0.2) is 0 Å². The zero-order valence-corrected chi connectivity index (χ0v) is 15.2. The van der Waals surface area contributed by atoms with Gasteiger partial charge in [-0.1, -0.05) is 36.4 Å². The van der Waals surface area contributed by atoms with Crippen LogP contribution in [0.15, 0.2) is 54.1 Å². The summed E-state index contributed by atoms with van der Waals surface area (Å²) in [6, 6.07) is 17.0. The maximum atomic E-state index is 12.5. The molecule has 26 heavy (non-hydrogen) atoms. The number of hydrogen-bond acceptors (Lipinski definition) is 4. The molecule has 5 nitrogen and oxygen atoms in total. The molecule has 5 heteroatoms. The van der Waals surface area contributed by atoms with Gasteiger partial charge in [0.2, 0.25) is 0 Å². The molecule has 0 radical (unpaired) electrons. The highest BCUT2D eigenvalue weighted by Crippen LogP contribution is 2.27. The first kappa shape index (κ1) is 19.1. The minimum Gasteiger partial charge on any atom is -0.493 e. The predicted octanol–water partition coefficient (Wildman–Crippen LogP) is 3.31. The van der Waals surface area contributed by atoms with E-state index in [2.05, 4.69) is 0 Å².